The van der Waals surface area contributed by atoms with Crippen LogP contribution in [0.25, 0.3) is 6.08 Å². The molecule has 1 N–H and O–H groups in total. The zero-order valence-corrected chi connectivity index (χ0v) is 18.8. The third kappa shape index (κ3) is 5.54. The molecule has 0 unspecified atom stereocenters. The van der Waals surface area contributed by atoms with Gasteiger partial charge in [0.25, 0.3) is 5.91 Å². The van der Waals surface area contributed by atoms with Crippen LogP contribution in [-0.2, 0) is 4.79 Å². The van der Waals surface area contributed by atoms with E-state index in [1.54, 1.807) is 24.3 Å². The molecule has 0 aliphatic carbocycles. The molecular formula is C22H16BrClN2O2S. The Morgan fingerprint density at radius 2 is 1.93 bits per heavy atom. The van der Waals surface area contributed by atoms with Crippen molar-refractivity contribution < 1.29 is 9.21 Å². The third-order valence-electron chi connectivity index (χ3n) is 4.01. The number of aryl methyl sites for hydroxylation is 2. The maximum absolute atomic E-state index is 12.5. The third-order valence-corrected chi connectivity index (χ3v) is 6.09. The Hall–Kier alpha value is -2.46. The number of anilines is 1. The number of nitrogens with one attached hydrogen (secondary N) is 1. The standard InChI is InChI=1S/C22H16BrClN2O2S/c1-13-3-7-18(8-4-13)29-22-19(23)11-17(28-22)9-15(12-25)21(27)26-20-10-16(24)6-5-14(20)2/h3-11H,1-2H3,(H,26,27)/b15-9-. The minimum Gasteiger partial charge on any atom is -0.449 e. The summed E-state index contributed by atoms with van der Waals surface area (Å²) in [6, 6.07) is 16.9. The second-order valence-electron chi connectivity index (χ2n) is 6.28. The minimum atomic E-state index is -0.530. The van der Waals surface area contributed by atoms with E-state index < -0.39 is 5.91 Å². The molecule has 0 aliphatic heterocycles. The Morgan fingerprint density at radius 1 is 1.21 bits per heavy atom. The van der Waals surface area contributed by atoms with Crippen molar-refractivity contribution in [2.24, 2.45) is 0 Å². The van der Waals surface area contributed by atoms with Gasteiger partial charge in [-0.1, -0.05) is 47.1 Å². The Balaban J connectivity index is 1.80. The van der Waals surface area contributed by atoms with Gasteiger partial charge in [0.2, 0.25) is 0 Å². The van der Waals surface area contributed by atoms with E-state index in [9.17, 15) is 10.1 Å². The lowest BCUT2D eigenvalue weighted by molar-refractivity contribution is -0.112. The average molecular weight is 488 g/mol. The number of carbonyl (C=O) groups is 1. The van der Waals surface area contributed by atoms with E-state index >= 15 is 0 Å². The van der Waals surface area contributed by atoms with Crippen LogP contribution in [0.4, 0.5) is 5.69 Å². The maximum atomic E-state index is 12.5. The molecular weight excluding hydrogens is 472 g/mol. The van der Waals surface area contributed by atoms with Crippen LogP contribution < -0.4 is 5.32 Å². The number of hydrogen-bond acceptors (Lipinski definition) is 4. The number of amides is 1. The molecule has 0 saturated carbocycles. The van der Waals surface area contributed by atoms with Gasteiger partial charge in [-0.15, -0.1) is 0 Å². The molecule has 1 amide bonds. The van der Waals surface area contributed by atoms with Crippen molar-refractivity contribution >= 4 is 57.0 Å². The normalized spacial score (nSPS) is 11.2. The zero-order valence-electron chi connectivity index (χ0n) is 15.6. The lowest BCUT2D eigenvalue weighted by Gasteiger charge is -2.07. The molecule has 1 heterocycles. The van der Waals surface area contributed by atoms with Crippen LogP contribution in [0.1, 0.15) is 16.9 Å². The molecule has 0 aliphatic rings. The SMILES string of the molecule is Cc1ccc(Sc2oc(/C=C(/C#N)C(=O)Nc3cc(Cl)ccc3C)cc2Br)cc1. The number of furan rings is 1. The van der Waals surface area contributed by atoms with Gasteiger partial charge in [0, 0.05) is 21.7 Å². The van der Waals surface area contributed by atoms with Crippen molar-refractivity contribution in [3.05, 3.63) is 80.5 Å². The summed E-state index contributed by atoms with van der Waals surface area (Å²) in [5.74, 6) is -0.126. The van der Waals surface area contributed by atoms with Crippen LogP contribution in [-0.4, -0.2) is 5.91 Å². The topological polar surface area (TPSA) is 66.0 Å². The monoisotopic (exact) mass is 486 g/mol. The predicted octanol–water partition coefficient (Wildman–Crippen LogP) is 7.01. The van der Waals surface area contributed by atoms with Gasteiger partial charge in [0.15, 0.2) is 5.09 Å². The van der Waals surface area contributed by atoms with Gasteiger partial charge in [-0.3, -0.25) is 4.79 Å². The van der Waals surface area contributed by atoms with Crippen LogP contribution in [0.5, 0.6) is 0 Å². The largest absolute Gasteiger partial charge is 0.449 e. The lowest BCUT2D eigenvalue weighted by Crippen LogP contribution is -2.14. The molecule has 0 radical (unpaired) electrons. The van der Waals surface area contributed by atoms with E-state index in [0.29, 0.717) is 21.6 Å². The Kier molecular flexibility index (Phi) is 6.86. The molecule has 1 aromatic heterocycles. The first-order valence-electron chi connectivity index (χ1n) is 8.59. The van der Waals surface area contributed by atoms with Gasteiger partial charge in [0.05, 0.1) is 4.47 Å². The number of rotatable bonds is 5. The fourth-order valence-electron chi connectivity index (χ4n) is 2.43. The van der Waals surface area contributed by atoms with Crippen molar-refractivity contribution in [3.63, 3.8) is 0 Å². The van der Waals surface area contributed by atoms with Crippen molar-refractivity contribution in [3.8, 4) is 6.07 Å². The minimum absolute atomic E-state index is 0.0717. The Morgan fingerprint density at radius 3 is 2.62 bits per heavy atom. The molecule has 3 aromatic rings. The molecule has 4 nitrogen and oxygen atoms in total. The molecule has 29 heavy (non-hydrogen) atoms. The quantitative estimate of drug-likeness (QED) is 0.310. The lowest BCUT2D eigenvalue weighted by atomic mass is 10.1. The predicted molar refractivity (Wildman–Crippen MR) is 120 cm³/mol. The molecule has 0 fully saturated rings. The Bertz CT molecular complexity index is 1130. The van der Waals surface area contributed by atoms with E-state index in [4.69, 9.17) is 16.0 Å². The number of hydrogen-bond donors (Lipinski definition) is 1. The van der Waals surface area contributed by atoms with E-state index in [1.807, 2.05) is 44.2 Å². The van der Waals surface area contributed by atoms with Crippen molar-refractivity contribution in [1.82, 2.24) is 0 Å². The average Bonchev–Trinajstić information content (AvgIpc) is 3.03. The first kappa shape index (κ1) is 21.3. The molecule has 7 heteroatoms. The highest BCUT2D eigenvalue weighted by molar-refractivity contribution is 9.10. The summed E-state index contributed by atoms with van der Waals surface area (Å²) < 4.78 is 6.56. The Labute approximate surface area is 186 Å². The molecule has 0 atom stereocenters. The number of halogens is 2. The number of benzene rings is 2. The maximum Gasteiger partial charge on any atom is 0.266 e. The first-order valence-corrected chi connectivity index (χ1v) is 10.6. The van der Waals surface area contributed by atoms with Gasteiger partial charge in [0.1, 0.15) is 17.4 Å². The molecule has 0 bridgehead atoms. The van der Waals surface area contributed by atoms with Crippen LogP contribution in [0.15, 0.2) is 73.0 Å². The summed E-state index contributed by atoms with van der Waals surface area (Å²) in [7, 11) is 0. The summed E-state index contributed by atoms with van der Waals surface area (Å²) in [5, 5.41) is 13.3. The van der Waals surface area contributed by atoms with Crippen LogP contribution >= 0.6 is 39.3 Å². The number of carbonyl (C=O) groups excluding carboxylic acids is 1. The molecule has 2 aromatic carbocycles. The molecule has 3 rings (SSSR count). The van der Waals surface area contributed by atoms with Crippen molar-refractivity contribution in [2.45, 2.75) is 23.8 Å². The van der Waals surface area contributed by atoms with Gasteiger partial charge in [-0.05, 0) is 65.7 Å². The summed E-state index contributed by atoms with van der Waals surface area (Å²) in [6.07, 6.45) is 1.42. The highest BCUT2D eigenvalue weighted by atomic mass is 79.9. The van der Waals surface area contributed by atoms with E-state index in [0.717, 1.165) is 14.9 Å². The second-order valence-corrected chi connectivity index (χ2v) is 8.62. The van der Waals surface area contributed by atoms with E-state index in [2.05, 4.69) is 21.2 Å². The molecule has 0 saturated heterocycles. The summed E-state index contributed by atoms with van der Waals surface area (Å²) in [4.78, 5) is 13.5. The van der Waals surface area contributed by atoms with Gasteiger partial charge in [-0.25, -0.2) is 0 Å². The fourth-order valence-corrected chi connectivity index (χ4v) is 3.93. The molecule has 0 spiro atoms. The molecule has 146 valence electrons. The van der Waals surface area contributed by atoms with Gasteiger partial charge in [-0.2, -0.15) is 5.26 Å². The first-order chi connectivity index (χ1) is 13.9. The number of nitrogens with zero attached hydrogens (tertiary/aromatic N) is 1. The van der Waals surface area contributed by atoms with Crippen molar-refractivity contribution in [1.29, 1.82) is 5.26 Å². The fraction of sp³-hybridized carbons (Fsp3) is 0.0909. The van der Waals surface area contributed by atoms with Crippen molar-refractivity contribution in [2.75, 3.05) is 5.32 Å². The summed E-state index contributed by atoms with van der Waals surface area (Å²) in [5.41, 5.74) is 2.51. The second kappa shape index (κ2) is 9.36. The van der Waals surface area contributed by atoms with Gasteiger partial charge >= 0.3 is 0 Å². The summed E-state index contributed by atoms with van der Waals surface area (Å²) >= 11 is 10.9. The highest BCUT2D eigenvalue weighted by Crippen LogP contribution is 2.36. The number of nitriles is 1. The smallest absolute Gasteiger partial charge is 0.266 e. The summed E-state index contributed by atoms with van der Waals surface area (Å²) in [6.45, 7) is 3.87. The van der Waals surface area contributed by atoms with Crippen LogP contribution in [0.3, 0.4) is 0 Å². The van der Waals surface area contributed by atoms with E-state index in [1.165, 1.54) is 23.4 Å². The van der Waals surface area contributed by atoms with Crippen LogP contribution in [0.2, 0.25) is 5.02 Å². The van der Waals surface area contributed by atoms with Crippen LogP contribution in [0, 0.1) is 25.2 Å². The van der Waals surface area contributed by atoms with E-state index in [-0.39, 0.29) is 5.57 Å². The van der Waals surface area contributed by atoms with Gasteiger partial charge < -0.3 is 9.73 Å². The highest BCUT2D eigenvalue weighted by Gasteiger charge is 2.15. The zero-order chi connectivity index (χ0) is 21.0.